The molecule has 2 rings (SSSR count). The molecule has 0 unspecified atom stereocenters. The highest BCUT2D eigenvalue weighted by Crippen LogP contribution is 2.50. The van der Waals surface area contributed by atoms with E-state index in [2.05, 4.69) is 4.99 Å². The van der Waals surface area contributed by atoms with Crippen LogP contribution in [0.15, 0.2) is 23.2 Å². The number of carbonyl (C=O) groups excluding carboxylic acids is 1. The predicted octanol–water partition coefficient (Wildman–Crippen LogP) is 2.30. The fourth-order valence-corrected chi connectivity index (χ4v) is 1.83. The van der Waals surface area contributed by atoms with Crippen molar-refractivity contribution in [2.24, 2.45) is 4.99 Å². The SMILES string of the molecule is COCc1ccc(F)c(C2(N=C=O)CC2)c1. The molecular formula is C12H12FNO2. The van der Waals surface area contributed by atoms with Gasteiger partial charge in [0.15, 0.2) is 0 Å². The second-order valence-electron chi connectivity index (χ2n) is 3.98. The Labute approximate surface area is 93.0 Å². The van der Waals surface area contributed by atoms with E-state index >= 15 is 0 Å². The van der Waals surface area contributed by atoms with Crippen molar-refractivity contribution in [1.82, 2.24) is 0 Å². The molecular weight excluding hydrogens is 209 g/mol. The van der Waals surface area contributed by atoms with Gasteiger partial charge in [-0.05, 0) is 30.5 Å². The summed E-state index contributed by atoms with van der Waals surface area (Å²) in [5, 5.41) is 0. The third-order valence-corrected chi connectivity index (χ3v) is 2.83. The van der Waals surface area contributed by atoms with Crippen molar-refractivity contribution in [2.45, 2.75) is 25.0 Å². The number of methoxy groups -OCH3 is 1. The Balaban J connectivity index is 2.39. The summed E-state index contributed by atoms with van der Waals surface area (Å²) >= 11 is 0. The van der Waals surface area contributed by atoms with E-state index in [4.69, 9.17) is 4.74 Å². The predicted molar refractivity (Wildman–Crippen MR) is 56.1 cm³/mol. The van der Waals surface area contributed by atoms with Gasteiger partial charge in [0, 0.05) is 12.7 Å². The summed E-state index contributed by atoms with van der Waals surface area (Å²) < 4.78 is 18.6. The van der Waals surface area contributed by atoms with Crippen molar-refractivity contribution in [3.8, 4) is 0 Å². The van der Waals surface area contributed by atoms with Crippen molar-refractivity contribution in [3.63, 3.8) is 0 Å². The zero-order valence-corrected chi connectivity index (χ0v) is 9.00. The fourth-order valence-electron chi connectivity index (χ4n) is 1.83. The normalized spacial score (nSPS) is 16.6. The summed E-state index contributed by atoms with van der Waals surface area (Å²) in [4.78, 5) is 14.0. The number of aliphatic imine (C=N–C) groups is 1. The molecule has 0 amide bonds. The van der Waals surface area contributed by atoms with Crippen LogP contribution in [0.4, 0.5) is 4.39 Å². The second-order valence-corrected chi connectivity index (χ2v) is 3.98. The van der Waals surface area contributed by atoms with E-state index in [-0.39, 0.29) is 5.82 Å². The zero-order valence-electron chi connectivity index (χ0n) is 9.00. The summed E-state index contributed by atoms with van der Waals surface area (Å²) in [6, 6.07) is 4.78. The largest absolute Gasteiger partial charge is 0.380 e. The second kappa shape index (κ2) is 4.16. The Bertz CT molecular complexity index is 448. The van der Waals surface area contributed by atoms with E-state index in [0.717, 1.165) is 5.56 Å². The molecule has 1 saturated carbocycles. The summed E-state index contributed by atoms with van der Waals surface area (Å²) in [6.07, 6.45) is 2.93. The molecule has 84 valence electrons. The van der Waals surface area contributed by atoms with Crippen molar-refractivity contribution in [2.75, 3.05) is 7.11 Å². The number of hydrogen-bond donors (Lipinski definition) is 0. The number of nitrogens with zero attached hydrogens (tertiary/aromatic N) is 1. The topological polar surface area (TPSA) is 38.7 Å². The van der Waals surface area contributed by atoms with Crippen LogP contribution >= 0.6 is 0 Å². The number of halogens is 1. The van der Waals surface area contributed by atoms with Gasteiger partial charge in [-0.2, -0.15) is 4.99 Å². The molecule has 0 spiro atoms. The smallest absolute Gasteiger partial charge is 0.235 e. The van der Waals surface area contributed by atoms with Crippen molar-refractivity contribution in [1.29, 1.82) is 0 Å². The standard InChI is InChI=1S/C12H12FNO2/c1-16-7-9-2-3-11(13)10(6-9)12(4-5-12)14-8-15/h2-3,6H,4-5,7H2,1H3. The average Bonchev–Trinajstić information content (AvgIpc) is 3.03. The Morgan fingerprint density at radius 2 is 2.31 bits per heavy atom. The van der Waals surface area contributed by atoms with Crippen LogP contribution in [0.3, 0.4) is 0 Å². The molecule has 4 heteroatoms. The maximum Gasteiger partial charge on any atom is 0.235 e. The number of isocyanates is 1. The summed E-state index contributed by atoms with van der Waals surface area (Å²) in [5.74, 6) is -0.323. The maximum atomic E-state index is 13.6. The van der Waals surface area contributed by atoms with Gasteiger partial charge in [0.05, 0.1) is 6.61 Å². The molecule has 1 aliphatic carbocycles. The van der Waals surface area contributed by atoms with Gasteiger partial charge in [0.1, 0.15) is 11.4 Å². The summed E-state index contributed by atoms with van der Waals surface area (Å²) in [6.45, 7) is 0.425. The minimum Gasteiger partial charge on any atom is -0.380 e. The number of rotatable bonds is 4. The third-order valence-electron chi connectivity index (χ3n) is 2.83. The Kier molecular flexibility index (Phi) is 2.86. The van der Waals surface area contributed by atoms with Crippen molar-refractivity contribution >= 4 is 6.08 Å². The van der Waals surface area contributed by atoms with Crippen LogP contribution in [0.5, 0.6) is 0 Å². The first kappa shape index (κ1) is 11.0. The van der Waals surface area contributed by atoms with Crippen LogP contribution in [0.2, 0.25) is 0 Å². The van der Waals surface area contributed by atoms with Crippen LogP contribution in [0, 0.1) is 5.82 Å². The Morgan fingerprint density at radius 3 is 2.88 bits per heavy atom. The first-order chi connectivity index (χ1) is 7.72. The number of benzene rings is 1. The average molecular weight is 221 g/mol. The molecule has 1 aromatic rings. The third kappa shape index (κ3) is 1.90. The number of ether oxygens (including phenoxy) is 1. The van der Waals surface area contributed by atoms with E-state index in [1.165, 1.54) is 12.1 Å². The zero-order chi connectivity index (χ0) is 11.6. The fraction of sp³-hybridized carbons (Fsp3) is 0.417. The van der Waals surface area contributed by atoms with Gasteiger partial charge in [0.2, 0.25) is 6.08 Å². The molecule has 0 saturated heterocycles. The molecule has 0 atom stereocenters. The van der Waals surface area contributed by atoms with Gasteiger partial charge in [-0.15, -0.1) is 0 Å². The molecule has 0 radical (unpaired) electrons. The number of hydrogen-bond acceptors (Lipinski definition) is 3. The molecule has 3 nitrogen and oxygen atoms in total. The van der Waals surface area contributed by atoms with Crippen LogP contribution in [0.1, 0.15) is 24.0 Å². The molecule has 0 bridgehead atoms. The summed E-state index contributed by atoms with van der Waals surface area (Å²) in [7, 11) is 1.58. The van der Waals surface area contributed by atoms with Gasteiger partial charge in [-0.1, -0.05) is 6.07 Å². The first-order valence-electron chi connectivity index (χ1n) is 5.09. The van der Waals surface area contributed by atoms with Crippen LogP contribution < -0.4 is 0 Å². The highest BCUT2D eigenvalue weighted by Gasteiger charge is 2.46. The van der Waals surface area contributed by atoms with E-state index in [1.54, 1.807) is 19.2 Å². The summed E-state index contributed by atoms with van der Waals surface area (Å²) in [5.41, 5.74) is 0.701. The molecule has 0 N–H and O–H groups in total. The van der Waals surface area contributed by atoms with Crippen molar-refractivity contribution in [3.05, 3.63) is 35.1 Å². The van der Waals surface area contributed by atoms with Gasteiger partial charge in [-0.25, -0.2) is 9.18 Å². The molecule has 0 heterocycles. The minimum atomic E-state index is -0.657. The quantitative estimate of drug-likeness (QED) is 0.578. The van der Waals surface area contributed by atoms with E-state index in [9.17, 15) is 9.18 Å². The van der Waals surface area contributed by atoms with Crippen LogP contribution in [0.25, 0.3) is 0 Å². The lowest BCUT2D eigenvalue weighted by molar-refractivity contribution is 0.184. The lowest BCUT2D eigenvalue weighted by atomic mass is 10.0. The molecule has 16 heavy (non-hydrogen) atoms. The highest BCUT2D eigenvalue weighted by molar-refractivity contribution is 5.42. The Morgan fingerprint density at radius 1 is 1.56 bits per heavy atom. The highest BCUT2D eigenvalue weighted by atomic mass is 19.1. The van der Waals surface area contributed by atoms with Crippen molar-refractivity contribution < 1.29 is 13.9 Å². The minimum absolute atomic E-state index is 0.323. The molecule has 1 aromatic carbocycles. The van der Waals surface area contributed by atoms with Crippen LogP contribution in [-0.2, 0) is 21.7 Å². The van der Waals surface area contributed by atoms with Gasteiger partial charge >= 0.3 is 0 Å². The molecule has 0 aliphatic heterocycles. The monoisotopic (exact) mass is 221 g/mol. The maximum absolute atomic E-state index is 13.6. The lowest BCUT2D eigenvalue weighted by Crippen LogP contribution is -2.06. The van der Waals surface area contributed by atoms with E-state index in [0.29, 0.717) is 25.0 Å². The van der Waals surface area contributed by atoms with Gasteiger partial charge in [0.25, 0.3) is 0 Å². The molecule has 1 aliphatic rings. The molecule has 1 fully saturated rings. The van der Waals surface area contributed by atoms with E-state index < -0.39 is 5.54 Å². The van der Waals surface area contributed by atoms with Gasteiger partial charge < -0.3 is 4.74 Å². The van der Waals surface area contributed by atoms with E-state index in [1.807, 2.05) is 0 Å². The first-order valence-corrected chi connectivity index (χ1v) is 5.09. The Hall–Kier alpha value is -1.51. The van der Waals surface area contributed by atoms with Gasteiger partial charge in [-0.3, -0.25) is 0 Å². The lowest BCUT2D eigenvalue weighted by Gasteiger charge is -2.11. The molecule has 0 aromatic heterocycles. The van der Waals surface area contributed by atoms with Crippen LogP contribution in [-0.4, -0.2) is 13.2 Å².